The van der Waals surface area contributed by atoms with Crippen molar-refractivity contribution in [2.75, 3.05) is 0 Å². The number of nitrogens with one attached hydrogen (secondary N) is 1. The molecular formula is C15H8Cl2FNO. The molecule has 2 nitrogen and oxygen atoms in total. The highest BCUT2D eigenvalue weighted by Crippen LogP contribution is 2.31. The van der Waals surface area contributed by atoms with E-state index in [1.165, 1.54) is 24.3 Å². The van der Waals surface area contributed by atoms with Crippen LogP contribution in [-0.4, -0.2) is 10.8 Å². The lowest BCUT2D eigenvalue weighted by Gasteiger charge is -2.02. The van der Waals surface area contributed by atoms with Crippen molar-refractivity contribution < 1.29 is 9.18 Å². The van der Waals surface area contributed by atoms with Crippen LogP contribution in [0.1, 0.15) is 15.9 Å². The van der Waals surface area contributed by atoms with E-state index in [4.69, 9.17) is 23.2 Å². The summed E-state index contributed by atoms with van der Waals surface area (Å²) in [4.78, 5) is 15.4. The van der Waals surface area contributed by atoms with Gasteiger partial charge < -0.3 is 4.98 Å². The topological polar surface area (TPSA) is 32.9 Å². The summed E-state index contributed by atoms with van der Waals surface area (Å²) >= 11 is 12.1. The summed E-state index contributed by atoms with van der Waals surface area (Å²) < 4.78 is 12.9. The van der Waals surface area contributed by atoms with Crippen LogP contribution in [0.2, 0.25) is 10.0 Å². The Labute approximate surface area is 124 Å². The highest BCUT2D eigenvalue weighted by atomic mass is 35.5. The molecule has 3 aromatic rings. The van der Waals surface area contributed by atoms with Gasteiger partial charge in [0.05, 0.1) is 5.02 Å². The number of benzene rings is 2. The first-order chi connectivity index (χ1) is 9.56. The molecule has 20 heavy (non-hydrogen) atoms. The van der Waals surface area contributed by atoms with Crippen LogP contribution in [0.4, 0.5) is 4.39 Å². The maximum Gasteiger partial charge on any atom is 0.195 e. The fourth-order valence-corrected chi connectivity index (χ4v) is 2.71. The normalized spacial score (nSPS) is 10.9. The number of hydrogen-bond donors (Lipinski definition) is 1. The van der Waals surface area contributed by atoms with Crippen LogP contribution >= 0.6 is 23.2 Å². The van der Waals surface area contributed by atoms with Gasteiger partial charge in [-0.3, -0.25) is 4.79 Å². The Kier molecular flexibility index (Phi) is 3.24. The number of hydrogen-bond acceptors (Lipinski definition) is 1. The Morgan fingerprint density at radius 1 is 1.10 bits per heavy atom. The van der Waals surface area contributed by atoms with E-state index in [0.29, 0.717) is 32.1 Å². The van der Waals surface area contributed by atoms with Crippen LogP contribution in [-0.2, 0) is 0 Å². The van der Waals surface area contributed by atoms with Gasteiger partial charge in [0.15, 0.2) is 5.78 Å². The molecule has 1 heterocycles. The van der Waals surface area contributed by atoms with Crippen LogP contribution in [0.15, 0.2) is 42.6 Å². The molecule has 0 radical (unpaired) electrons. The van der Waals surface area contributed by atoms with Gasteiger partial charge in [0.1, 0.15) is 5.82 Å². The first-order valence-corrected chi connectivity index (χ1v) is 6.58. The van der Waals surface area contributed by atoms with Crippen molar-refractivity contribution in [1.82, 2.24) is 4.98 Å². The molecule has 2 aromatic carbocycles. The van der Waals surface area contributed by atoms with E-state index in [1.54, 1.807) is 18.3 Å². The van der Waals surface area contributed by atoms with Crippen molar-refractivity contribution in [3.05, 3.63) is 69.6 Å². The van der Waals surface area contributed by atoms with E-state index < -0.39 is 0 Å². The SMILES string of the molecule is O=C(c1ccc(F)cc1)c1c[nH]c2cc(Cl)cc(Cl)c12. The van der Waals surface area contributed by atoms with Crippen molar-refractivity contribution in [3.63, 3.8) is 0 Å². The second-order valence-electron chi connectivity index (χ2n) is 4.35. The number of carbonyl (C=O) groups is 1. The fraction of sp³-hybridized carbons (Fsp3) is 0. The number of halogens is 3. The minimum absolute atomic E-state index is 0.222. The summed E-state index contributed by atoms with van der Waals surface area (Å²) in [5, 5.41) is 1.51. The van der Waals surface area contributed by atoms with E-state index in [2.05, 4.69) is 4.98 Å². The summed E-state index contributed by atoms with van der Waals surface area (Å²) in [7, 11) is 0. The summed E-state index contributed by atoms with van der Waals surface area (Å²) in [6.07, 6.45) is 1.58. The zero-order valence-electron chi connectivity index (χ0n) is 10.1. The number of aromatic amines is 1. The van der Waals surface area contributed by atoms with Gasteiger partial charge in [-0.15, -0.1) is 0 Å². The van der Waals surface area contributed by atoms with Gasteiger partial charge in [0.25, 0.3) is 0 Å². The molecule has 5 heteroatoms. The summed E-state index contributed by atoms with van der Waals surface area (Å²) in [6, 6.07) is 8.67. The highest BCUT2D eigenvalue weighted by Gasteiger charge is 2.17. The van der Waals surface area contributed by atoms with Crippen LogP contribution in [0.5, 0.6) is 0 Å². The summed E-state index contributed by atoms with van der Waals surface area (Å²) in [5.41, 5.74) is 1.53. The molecule has 0 unspecified atom stereocenters. The third kappa shape index (κ3) is 2.19. The minimum atomic E-state index is -0.384. The molecule has 0 aliphatic rings. The first kappa shape index (κ1) is 13.2. The predicted molar refractivity (Wildman–Crippen MR) is 78.2 cm³/mol. The Morgan fingerprint density at radius 3 is 2.50 bits per heavy atom. The smallest absolute Gasteiger partial charge is 0.195 e. The van der Waals surface area contributed by atoms with Crippen molar-refractivity contribution in [2.45, 2.75) is 0 Å². The zero-order chi connectivity index (χ0) is 14.3. The lowest BCUT2D eigenvalue weighted by Crippen LogP contribution is -2.00. The van der Waals surface area contributed by atoms with Gasteiger partial charge in [0.2, 0.25) is 0 Å². The molecular weight excluding hydrogens is 300 g/mol. The van der Waals surface area contributed by atoms with Gasteiger partial charge in [-0.25, -0.2) is 4.39 Å². The number of H-pyrrole nitrogens is 1. The standard InChI is InChI=1S/C15H8Cl2FNO/c16-9-5-12(17)14-11(7-19-13(14)6-9)15(20)8-1-3-10(18)4-2-8/h1-7,19H. The van der Waals surface area contributed by atoms with Crippen molar-refractivity contribution in [2.24, 2.45) is 0 Å². The van der Waals surface area contributed by atoms with Gasteiger partial charge in [-0.2, -0.15) is 0 Å². The van der Waals surface area contributed by atoms with Crippen LogP contribution in [0, 0.1) is 5.82 Å². The van der Waals surface area contributed by atoms with Crippen molar-refractivity contribution >= 4 is 39.9 Å². The number of aromatic nitrogens is 1. The third-order valence-electron chi connectivity index (χ3n) is 3.05. The Morgan fingerprint density at radius 2 is 1.80 bits per heavy atom. The van der Waals surface area contributed by atoms with Gasteiger partial charge in [0, 0.05) is 33.2 Å². The molecule has 100 valence electrons. The average Bonchev–Trinajstić information content (AvgIpc) is 2.82. The lowest BCUT2D eigenvalue weighted by molar-refractivity contribution is 0.104. The highest BCUT2D eigenvalue weighted by molar-refractivity contribution is 6.40. The van der Waals surface area contributed by atoms with E-state index in [1.807, 2.05) is 0 Å². The minimum Gasteiger partial charge on any atom is -0.360 e. The molecule has 1 aromatic heterocycles. The first-order valence-electron chi connectivity index (χ1n) is 5.82. The fourth-order valence-electron chi connectivity index (χ4n) is 2.12. The van der Waals surface area contributed by atoms with Crippen LogP contribution < -0.4 is 0 Å². The molecule has 0 amide bonds. The van der Waals surface area contributed by atoms with E-state index >= 15 is 0 Å². The van der Waals surface area contributed by atoms with Gasteiger partial charge in [-0.1, -0.05) is 23.2 Å². The van der Waals surface area contributed by atoms with Crippen LogP contribution in [0.25, 0.3) is 10.9 Å². The zero-order valence-corrected chi connectivity index (χ0v) is 11.6. The molecule has 0 saturated heterocycles. The molecule has 3 rings (SSSR count). The van der Waals surface area contributed by atoms with Gasteiger partial charge >= 0.3 is 0 Å². The molecule has 0 bridgehead atoms. The number of carbonyl (C=O) groups excluding carboxylic acids is 1. The second kappa shape index (κ2) is 4.93. The van der Waals surface area contributed by atoms with Crippen molar-refractivity contribution in [1.29, 1.82) is 0 Å². The average molecular weight is 308 g/mol. The number of ketones is 1. The van der Waals surface area contributed by atoms with Crippen molar-refractivity contribution in [3.8, 4) is 0 Å². The quantitative estimate of drug-likeness (QED) is 0.675. The molecule has 0 fully saturated rings. The lowest BCUT2D eigenvalue weighted by atomic mass is 10.0. The Balaban J connectivity index is 2.15. The third-order valence-corrected chi connectivity index (χ3v) is 3.56. The molecule has 0 aliphatic carbocycles. The molecule has 0 spiro atoms. The Hall–Kier alpha value is -1.84. The molecule has 0 atom stereocenters. The van der Waals surface area contributed by atoms with Gasteiger partial charge in [-0.05, 0) is 36.4 Å². The van der Waals surface area contributed by atoms with E-state index in [9.17, 15) is 9.18 Å². The van der Waals surface area contributed by atoms with E-state index in [-0.39, 0.29) is 11.6 Å². The number of fused-ring (bicyclic) bond motifs is 1. The predicted octanol–water partition coefficient (Wildman–Crippen LogP) is 4.84. The Bertz CT molecular complexity index is 809. The maximum atomic E-state index is 12.9. The monoisotopic (exact) mass is 307 g/mol. The second-order valence-corrected chi connectivity index (χ2v) is 5.19. The maximum absolute atomic E-state index is 12.9. The van der Waals surface area contributed by atoms with E-state index in [0.717, 1.165) is 0 Å². The summed E-state index contributed by atoms with van der Waals surface area (Å²) in [6.45, 7) is 0. The number of rotatable bonds is 2. The van der Waals surface area contributed by atoms with Crippen LogP contribution in [0.3, 0.4) is 0 Å². The molecule has 0 saturated carbocycles. The molecule has 1 N–H and O–H groups in total. The molecule has 0 aliphatic heterocycles. The summed E-state index contributed by atoms with van der Waals surface area (Å²) in [5.74, 6) is -0.606. The largest absolute Gasteiger partial charge is 0.360 e.